The van der Waals surface area contributed by atoms with Crippen LogP contribution in [-0.2, 0) is 9.53 Å². The molecule has 0 radical (unpaired) electrons. The van der Waals surface area contributed by atoms with Gasteiger partial charge in [-0.1, -0.05) is 6.07 Å². The predicted molar refractivity (Wildman–Crippen MR) is 82.1 cm³/mol. The Bertz CT molecular complexity index is 662. The van der Waals surface area contributed by atoms with E-state index in [4.69, 9.17) is 10.00 Å². The zero-order valence-electron chi connectivity index (χ0n) is 12.3. The van der Waals surface area contributed by atoms with E-state index in [1.54, 1.807) is 18.2 Å². The third-order valence-corrected chi connectivity index (χ3v) is 3.19. The SMILES string of the molecule is N#CCC(=O)N/N=C/c1ccc(N2CCOCC2)c([N+](=O)[O-])c1. The van der Waals surface area contributed by atoms with Crippen molar-refractivity contribution in [1.29, 1.82) is 5.26 Å². The summed E-state index contributed by atoms with van der Waals surface area (Å²) >= 11 is 0. The summed E-state index contributed by atoms with van der Waals surface area (Å²) in [6, 6.07) is 6.42. The van der Waals surface area contributed by atoms with Crippen LogP contribution in [0.1, 0.15) is 12.0 Å². The predicted octanol–water partition coefficient (Wildman–Crippen LogP) is 0.795. The van der Waals surface area contributed by atoms with Crippen molar-refractivity contribution in [2.24, 2.45) is 5.10 Å². The highest BCUT2D eigenvalue weighted by Gasteiger charge is 2.21. The first-order valence-corrected chi connectivity index (χ1v) is 6.92. The maximum atomic E-state index is 11.3. The van der Waals surface area contributed by atoms with Crippen molar-refractivity contribution in [3.8, 4) is 6.07 Å². The number of morpholine rings is 1. The molecule has 1 fully saturated rings. The van der Waals surface area contributed by atoms with Gasteiger partial charge in [0.15, 0.2) is 0 Å². The number of carbonyl (C=O) groups excluding carboxylic acids is 1. The number of carbonyl (C=O) groups is 1. The number of nitrogens with one attached hydrogen (secondary N) is 1. The lowest BCUT2D eigenvalue weighted by Gasteiger charge is -2.28. The average Bonchev–Trinajstić information content (AvgIpc) is 2.56. The summed E-state index contributed by atoms with van der Waals surface area (Å²) in [4.78, 5) is 23.8. The molecule has 1 heterocycles. The van der Waals surface area contributed by atoms with Crippen LogP contribution in [0.5, 0.6) is 0 Å². The highest BCUT2D eigenvalue weighted by molar-refractivity contribution is 5.85. The molecule has 0 aliphatic carbocycles. The first kappa shape index (κ1) is 16.4. The molecule has 1 amide bonds. The van der Waals surface area contributed by atoms with Crippen molar-refractivity contribution in [3.05, 3.63) is 33.9 Å². The van der Waals surface area contributed by atoms with Crippen LogP contribution in [0.3, 0.4) is 0 Å². The number of hydrazone groups is 1. The number of ether oxygens (including phenoxy) is 1. The molecule has 9 nitrogen and oxygen atoms in total. The van der Waals surface area contributed by atoms with Gasteiger partial charge in [-0.2, -0.15) is 10.4 Å². The van der Waals surface area contributed by atoms with E-state index in [0.717, 1.165) is 0 Å². The van der Waals surface area contributed by atoms with Gasteiger partial charge in [0.25, 0.3) is 11.6 Å². The van der Waals surface area contributed by atoms with Crippen LogP contribution >= 0.6 is 0 Å². The Balaban J connectivity index is 2.15. The van der Waals surface area contributed by atoms with Gasteiger partial charge in [-0.3, -0.25) is 14.9 Å². The molecule has 1 aromatic rings. The summed E-state index contributed by atoms with van der Waals surface area (Å²) in [6.45, 7) is 2.26. The maximum Gasteiger partial charge on any atom is 0.293 e. The summed E-state index contributed by atoms with van der Waals surface area (Å²) < 4.78 is 5.24. The molecule has 0 atom stereocenters. The van der Waals surface area contributed by atoms with Crippen LogP contribution in [0, 0.1) is 21.4 Å². The third-order valence-electron chi connectivity index (χ3n) is 3.19. The summed E-state index contributed by atoms with van der Waals surface area (Å²) in [5.74, 6) is -0.539. The van der Waals surface area contributed by atoms with Gasteiger partial charge >= 0.3 is 0 Å². The van der Waals surface area contributed by atoms with Crippen molar-refractivity contribution < 1.29 is 14.5 Å². The highest BCUT2D eigenvalue weighted by Crippen LogP contribution is 2.29. The molecule has 1 saturated heterocycles. The number of nitro groups is 1. The van der Waals surface area contributed by atoms with Crippen LogP contribution < -0.4 is 10.3 Å². The summed E-state index contributed by atoms with van der Waals surface area (Å²) in [5, 5.41) is 23.3. The van der Waals surface area contributed by atoms with Crippen LogP contribution in [-0.4, -0.2) is 43.3 Å². The van der Waals surface area contributed by atoms with Crippen LogP contribution in [0.25, 0.3) is 0 Å². The Kier molecular flexibility index (Phi) is 5.60. The number of amides is 1. The van der Waals surface area contributed by atoms with Crippen molar-refractivity contribution in [2.45, 2.75) is 6.42 Å². The molecule has 2 rings (SSSR count). The largest absolute Gasteiger partial charge is 0.378 e. The summed E-state index contributed by atoms with van der Waals surface area (Å²) in [7, 11) is 0. The van der Waals surface area contributed by atoms with Gasteiger partial charge in [0, 0.05) is 24.7 Å². The Labute approximate surface area is 132 Å². The van der Waals surface area contributed by atoms with E-state index >= 15 is 0 Å². The van der Waals surface area contributed by atoms with Crippen molar-refractivity contribution >= 4 is 23.5 Å². The topological polar surface area (TPSA) is 121 Å². The van der Waals surface area contributed by atoms with Crippen LogP contribution in [0.2, 0.25) is 0 Å². The molecule has 1 aromatic carbocycles. The van der Waals surface area contributed by atoms with Crippen molar-refractivity contribution in [2.75, 3.05) is 31.2 Å². The quantitative estimate of drug-likeness (QED) is 0.487. The summed E-state index contributed by atoms with van der Waals surface area (Å²) in [6.07, 6.45) is 0.999. The number of rotatable bonds is 5. The number of nitro benzene ring substituents is 1. The second kappa shape index (κ2) is 7.86. The fourth-order valence-electron chi connectivity index (χ4n) is 2.13. The zero-order valence-corrected chi connectivity index (χ0v) is 12.3. The molecular weight excluding hydrogens is 302 g/mol. The lowest BCUT2D eigenvalue weighted by Crippen LogP contribution is -2.36. The molecule has 23 heavy (non-hydrogen) atoms. The zero-order chi connectivity index (χ0) is 16.7. The lowest BCUT2D eigenvalue weighted by atomic mass is 10.1. The molecule has 1 aliphatic rings. The van der Waals surface area contributed by atoms with Gasteiger partial charge in [0.1, 0.15) is 12.1 Å². The Morgan fingerprint density at radius 2 is 2.26 bits per heavy atom. The molecule has 0 spiro atoms. The van der Waals surface area contributed by atoms with Gasteiger partial charge in [-0.05, 0) is 6.07 Å². The van der Waals surface area contributed by atoms with Gasteiger partial charge in [-0.25, -0.2) is 5.43 Å². The van der Waals surface area contributed by atoms with E-state index in [-0.39, 0.29) is 12.1 Å². The number of nitrogens with zero attached hydrogens (tertiary/aromatic N) is 4. The van der Waals surface area contributed by atoms with Gasteiger partial charge in [0.2, 0.25) is 0 Å². The standard InChI is InChI=1S/C14H15N5O4/c15-4-3-14(20)17-16-10-11-1-2-12(13(9-11)19(21)22)18-5-7-23-8-6-18/h1-2,9-10H,3,5-8H2,(H,17,20)/b16-10+. The second-order valence-electron chi connectivity index (χ2n) is 4.73. The molecule has 0 saturated carbocycles. The molecule has 120 valence electrons. The van der Waals surface area contributed by atoms with E-state index in [2.05, 4.69) is 10.5 Å². The maximum absolute atomic E-state index is 11.3. The molecule has 0 aromatic heterocycles. The van der Waals surface area contributed by atoms with Crippen LogP contribution in [0.15, 0.2) is 23.3 Å². The fraction of sp³-hybridized carbons (Fsp3) is 0.357. The fourth-order valence-corrected chi connectivity index (χ4v) is 2.13. The average molecular weight is 317 g/mol. The van der Waals surface area contributed by atoms with Crippen LogP contribution in [0.4, 0.5) is 11.4 Å². The normalized spacial score (nSPS) is 14.5. The number of anilines is 1. The van der Waals surface area contributed by atoms with E-state index < -0.39 is 10.8 Å². The minimum absolute atomic E-state index is 0.0285. The summed E-state index contributed by atoms with van der Waals surface area (Å²) in [5.41, 5.74) is 3.15. The minimum Gasteiger partial charge on any atom is -0.378 e. The van der Waals surface area contributed by atoms with E-state index in [0.29, 0.717) is 37.6 Å². The van der Waals surface area contributed by atoms with Crippen molar-refractivity contribution in [1.82, 2.24) is 5.43 Å². The second-order valence-corrected chi connectivity index (χ2v) is 4.73. The number of nitriles is 1. The first-order valence-electron chi connectivity index (χ1n) is 6.92. The molecule has 1 N–H and O–H groups in total. The first-order chi connectivity index (χ1) is 11.1. The van der Waals surface area contributed by atoms with Crippen molar-refractivity contribution in [3.63, 3.8) is 0 Å². The number of benzene rings is 1. The van der Waals surface area contributed by atoms with E-state index in [9.17, 15) is 14.9 Å². The molecule has 0 unspecified atom stereocenters. The Morgan fingerprint density at radius 1 is 1.52 bits per heavy atom. The molecule has 9 heteroatoms. The van der Waals surface area contributed by atoms with E-state index in [1.165, 1.54) is 12.3 Å². The highest BCUT2D eigenvalue weighted by atomic mass is 16.6. The molecule has 1 aliphatic heterocycles. The monoisotopic (exact) mass is 317 g/mol. The minimum atomic E-state index is -0.539. The number of hydrogen-bond acceptors (Lipinski definition) is 7. The van der Waals surface area contributed by atoms with E-state index in [1.807, 2.05) is 4.90 Å². The Morgan fingerprint density at radius 3 is 2.91 bits per heavy atom. The smallest absolute Gasteiger partial charge is 0.293 e. The van der Waals surface area contributed by atoms with Gasteiger partial charge in [0.05, 0.1) is 30.4 Å². The molecule has 0 bridgehead atoms. The van der Waals surface area contributed by atoms with Gasteiger partial charge in [-0.15, -0.1) is 0 Å². The molecular formula is C14H15N5O4. The van der Waals surface area contributed by atoms with Gasteiger partial charge < -0.3 is 9.64 Å². The Hall–Kier alpha value is -2.99. The third kappa shape index (κ3) is 4.49. The lowest BCUT2D eigenvalue weighted by molar-refractivity contribution is -0.384. The number of hydrogen-bond donors (Lipinski definition) is 1.